The van der Waals surface area contributed by atoms with Gasteiger partial charge < -0.3 is 9.73 Å². The summed E-state index contributed by atoms with van der Waals surface area (Å²) >= 11 is 3.89. The molecule has 1 aliphatic rings. The lowest BCUT2D eigenvalue weighted by Gasteiger charge is -2.10. The maximum absolute atomic E-state index is 12.5. The molecule has 2 aromatic heterocycles. The van der Waals surface area contributed by atoms with E-state index in [1.54, 1.807) is 6.07 Å². The van der Waals surface area contributed by atoms with Crippen molar-refractivity contribution in [1.82, 2.24) is 10.2 Å². The highest BCUT2D eigenvalue weighted by molar-refractivity contribution is 8.19. The van der Waals surface area contributed by atoms with E-state index in [0.717, 1.165) is 11.4 Å². The minimum absolute atomic E-state index is 0.241. The number of anilines is 1. The second-order valence-electron chi connectivity index (χ2n) is 5.73. The molecule has 1 amide bonds. The first-order valence-corrected chi connectivity index (χ1v) is 10.1. The third-order valence-corrected chi connectivity index (χ3v) is 6.96. The Bertz CT molecular complexity index is 897. The molecule has 0 atom stereocenters. The molecule has 25 heavy (non-hydrogen) atoms. The molecule has 0 aliphatic carbocycles. The Labute approximate surface area is 154 Å². The van der Waals surface area contributed by atoms with Gasteiger partial charge in [-0.15, -0.1) is 23.5 Å². The van der Waals surface area contributed by atoms with Crippen molar-refractivity contribution >= 4 is 35.1 Å². The van der Waals surface area contributed by atoms with Gasteiger partial charge in [0.05, 0.1) is 4.58 Å². The minimum atomic E-state index is -0.241. The molecule has 128 valence electrons. The smallest absolute Gasteiger partial charge is 0.276 e. The molecule has 0 bridgehead atoms. The average Bonchev–Trinajstić information content (AvgIpc) is 3.36. The maximum Gasteiger partial charge on any atom is 0.276 e. The van der Waals surface area contributed by atoms with E-state index in [1.165, 1.54) is 17.1 Å². The summed E-state index contributed by atoms with van der Waals surface area (Å²) in [5, 5.41) is 9.86. The Kier molecular flexibility index (Phi) is 4.59. The number of hydrogen-bond donors (Lipinski definition) is 2. The van der Waals surface area contributed by atoms with Gasteiger partial charge in [-0.1, -0.05) is 12.1 Å². The number of benzene rings is 1. The number of thioether (sulfide) groups is 2. The zero-order valence-corrected chi connectivity index (χ0v) is 15.2. The van der Waals surface area contributed by atoms with Crippen molar-refractivity contribution in [3.8, 4) is 11.5 Å². The van der Waals surface area contributed by atoms with E-state index in [1.807, 2.05) is 60.8 Å². The first-order chi connectivity index (χ1) is 12.2. The summed E-state index contributed by atoms with van der Waals surface area (Å²) in [6, 6.07) is 13.4. The third kappa shape index (κ3) is 3.62. The van der Waals surface area contributed by atoms with Crippen LogP contribution in [0.15, 0.2) is 46.9 Å². The lowest BCUT2D eigenvalue weighted by Crippen LogP contribution is -2.12. The Morgan fingerprint density at radius 1 is 1.24 bits per heavy atom. The number of aromatic nitrogens is 2. The highest BCUT2D eigenvalue weighted by Crippen LogP contribution is 2.45. The lowest BCUT2D eigenvalue weighted by atomic mass is 10.2. The largest absolute Gasteiger partial charge is 0.460 e. The fourth-order valence-electron chi connectivity index (χ4n) is 2.65. The van der Waals surface area contributed by atoms with Crippen LogP contribution in [0.25, 0.3) is 11.5 Å². The zero-order chi connectivity index (χ0) is 17.2. The van der Waals surface area contributed by atoms with Crippen LogP contribution < -0.4 is 5.32 Å². The summed E-state index contributed by atoms with van der Waals surface area (Å²) in [6.07, 6.45) is 0. The summed E-state index contributed by atoms with van der Waals surface area (Å²) in [7, 11) is 0. The van der Waals surface area contributed by atoms with Crippen LogP contribution in [0.5, 0.6) is 0 Å². The molecule has 1 fully saturated rings. The van der Waals surface area contributed by atoms with Gasteiger partial charge in [-0.3, -0.25) is 9.89 Å². The SMILES string of the molecule is Cc1ccc(-c2cc(C(=O)Nc3cccc(C4SCCS4)c3)n[nH]2)o1. The van der Waals surface area contributed by atoms with Crippen molar-refractivity contribution in [1.29, 1.82) is 0 Å². The molecule has 4 rings (SSSR count). The number of carbonyl (C=O) groups is 1. The quantitative estimate of drug-likeness (QED) is 0.695. The first kappa shape index (κ1) is 16.4. The van der Waals surface area contributed by atoms with Crippen LogP contribution in [-0.2, 0) is 0 Å². The molecule has 0 saturated carbocycles. The van der Waals surface area contributed by atoms with Crippen LogP contribution in [0.2, 0.25) is 0 Å². The van der Waals surface area contributed by atoms with E-state index in [0.29, 0.717) is 21.7 Å². The Morgan fingerprint density at radius 2 is 2.08 bits per heavy atom. The highest BCUT2D eigenvalue weighted by atomic mass is 32.2. The topological polar surface area (TPSA) is 70.9 Å². The maximum atomic E-state index is 12.5. The highest BCUT2D eigenvalue weighted by Gasteiger charge is 2.19. The Balaban J connectivity index is 1.48. The van der Waals surface area contributed by atoms with E-state index in [2.05, 4.69) is 21.6 Å². The molecule has 1 aliphatic heterocycles. The van der Waals surface area contributed by atoms with Crippen molar-refractivity contribution in [3.63, 3.8) is 0 Å². The molecule has 1 saturated heterocycles. The van der Waals surface area contributed by atoms with Gasteiger partial charge in [-0.2, -0.15) is 5.10 Å². The Morgan fingerprint density at radius 3 is 2.84 bits per heavy atom. The number of aromatic amines is 1. The summed E-state index contributed by atoms with van der Waals surface area (Å²) in [4.78, 5) is 12.5. The molecule has 0 radical (unpaired) electrons. The number of nitrogens with one attached hydrogen (secondary N) is 2. The normalized spacial score (nSPS) is 14.8. The number of carbonyl (C=O) groups excluding carboxylic acids is 1. The number of hydrogen-bond acceptors (Lipinski definition) is 5. The van der Waals surface area contributed by atoms with Crippen LogP contribution in [0.4, 0.5) is 5.69 Å². The van der Waals surface area contributed by atoms with Crippen LogP contribution in [0, 0.1) is 6.92 Å². The molecule has 1 aromatic carbocycles. The third-order valence-electron chi connectivity index (χ3n) is 3.85. The van der Waals surface area contributed by atoms with E-state index < -0.39 is 0 Å². The number of aryl methyl sites for hydroxylation is 1. The van der Waals surface area contributed by atoms with Gasteiger partial charge in [0.2, 0.25) is 0 Å². The van der Waals surface area contributed by atoms with Crippen molar-refractivity contribution in [2.45, 2.75) is 11.5 Å². The molecule has 7 heteroatoms. The molecule has 5 nitrogen and oxygen atoms in total. The van der Waals surface area contributed by atoms with Gasteiger partial charge in [-0.05, 0) is 36.8 Å². The zero-order valence-electron chi connectivity index (χ0n) is 13.6. The van der Waals surface area contributed by atoms with Crippen molar-refractivity contribution < 1.29 is 9.21 Å². The van der Waals surface area contributed by atoms with Crippen molar-refractivity contribution in [3.05, 3.63) is 59.5 Å². The molecule has 3 aromatic rings. The summed E-state index contributed by atoms with van der Waals surface area (Å²) in [5.74, 6) is 3.59. The molecule has 2 N–H and O–H groups in total. The predicted molar refractivity (Wildman–Crippen MR) is 103 cm³/mol. The van der Waals surface area contributed by atoms with Gasteiger partial charge >= 0.3 is 0 Å². The van der Waals surface area contributed by atoms with Crippen molar-refractivity contribution in [2.75, 3.05) is 16.8 Å². The fourth-order valence-corrected chi connectivity index (χ4v) is 5.49. The lowest BCUT2D eigenvalue weighted by molar-refractivity contribution is 0.102. The monoisotopic (exact) mass is 371 g/mol. The summed E-state index contributed by atoms with van der Waals surface area (Å²) < 4.78 is 6.00. The fraction of sp³-hybridized carbons (Fsp3) is 0.222. The van der Waals surface area contributed by atoms with Gasteiger partial charge in [0.15, 0.2) is 11.5 Å². The number of H-pyrrole nitrogens is 1. The summed E-state index contributed by atoms with van der Waals surface area (Å²) in [5.41, 5.74) is 3.04. The number of nitrogens with zero attached hydrogens (tertiary/aromatic N) is 1. The van der Waals surface area contributed by atoms with E-state index in [-0.39, 0.29) is 5.91 Å². The summed E-state index contributed by atoms with van der Waals surface area (Å²) in [6.45, 7) is 1.88. The van der Waals surface area contributed by atoms with Gasteiger partial charge in [0, 0.05) is 23.3 Å². The second kappa shape index (κ2) is 7.01. The van der Waals surface area contributed by atoms with Gasteiger partial charge in [0.1, 0.15) is 11.5 Å². The Hall–Kier alpha value is -2.12. The van der Waals surface area contributed by atoms with Crippen LogP contribution in [0.1, 0.15) is 26.4 Å². The molecular formula is C18H17N3O2S2. The second-order valence-corrected chi connectivity index (χ2v) is 8.45. The molecule has 3 heterocycles. The van der Waals surface area contributed by atoms with Crippen molar-refractivity contribution in [2.24, 2.45) is 0 Å². The predicted octanol–water partition coefficient (Wildman–Crippen LogP) is 4.71. The van der Waals surface area contributed by atoms with E-state index >= 15 is 0 Å². The van der Waals surface area contributed by atoms with Gasteiger partial charge in [0.25, 0.3) is 5.91 Å². The molecule has 0 unspecified atom stereocenters. The standard InChI is InChI=1S/C18H17N3O2S2/c1-11-5-6-16(23-11)14-10-15(21-20-14)17(22)19-13-4-2-3-12(9-13)18-24-7-8-25-18/h2-6,9-10,18H,7-8H2,1H3,(H,19,22)(H,20,21). The molecular weight excluding hydrogens is 354 g/mol. The van der Waals surface area contributed by atoms with Crippen LogP contribution in [0.3, 0.4) is 0 Å². The number of amides is 1. The van der Waals surface area contributed by atoms with Crippen LogP contribution >= 0.6 is 23.5 Å². The van der Waals surface area contributed by atoms with E-state index in [4.69, 9.17) is 4.42 Å². The van der Waals surface area contributed by atoms with E-state index in [9.17, 15) is 4.79 Å². The van der Waals surface area contributed by atoms with Crippen LogP contribution in [-0.4, -0.2) is 27.6 Å². The average molecular weight is 371 g/mol. The van der Waals surface area contributed by atoms with Gasteiger partial charge in [-0.25, -0.2) is 0 Å². The molecule has 0 spiro atoms. The minimum Gasteiger partial charge on any atom is -0.460 e. The number of rotatable bonds is 4. The number of furan rings is 1. The first-order valence-electron chi connectivity index (χ1n) is 7.96.